The molecule has 1 unspecified atom stereocenters. The summed E-state index contributed by atoms with van der Waals surface area (Å²) in [7, 11) is 0. The van der Waals surface area contributed by atoms with Gasteiger partial charge in [-0.3, -0.25) is 4.79 Å². The average molecular weight is 187 g/mol. The van der Waals surface area contributed by atoms with Crippen LogP contribution in [0.2, 0.25) is 0 Å². The van der Waals surface area contributed by atoms with E-state index in [1.165, 1.54) is 13.8 Å². The van der Waals surface area contributed by atoms with Crippen molar-refractivity contribution in [3.05, 3.63) is 0 Å². The van der Waals surface area contributed by atoms with Crippen LogP contribution in [0.4, 0.5) is 0 Å². The van der Waals surface area contributed by atoms with Gasteiger partial charge in [-0.05, 0) is 27.2 Å². The first-order chi connectivity index (χ1) is 5.88. The quantitative estimate of drug-likeness (QED) is 0.684. The van der Waals surface area contributed by atoms with Gasteiger partial charge in [0.2, 0.25) is 0 Å². The molecule has 2 N–H and O–H groups in total. The minimum atomic E-state index is -1.26. The van der Waals surface area contributed by atoms with Crippen LogP contribution in [0.1, 0.15) is 47.0 Å². The first-order valence-electron chi connectivity index (χ1n) is 4.91. The number of nitrogens with one attached hydrogen (secondary N) is 1. The maximum atomic E-state index is 11.3. The number of amides is 1. The largest absolute Gasteiger partial charge is 0.381 e. The van der Waals surface area contributed by atoms with E-state index >= 15 is 0 Å². The molecule has 0 spiro atoms. The molecule has 0 bridgehead atoms. The van der Waals surface area contributed by atoms with Gasteiger partial charge in [0.05, 0.1) is 0 Å². The maximum absolute atomic E-state index is 11.3. The second kappa shape index (κ2) is 5.22. The maximum Gasteiger partial charge on any atom is 0.251 e. The third kappa shape index (κ3) is 5.64. The Balaban J connectivity index is 3.79. The molecule has 0 aliphatic heterocycles. The van der Waals surface area contributed by atoms with Gasteiger partial charge in [-0.1, -0.05) is 19.8 Å². The Morgan fingerprint density at radius 3 is 2.46 bits per heavy atom. The van der Waals surface area contributed by atoms with E-state index in [9.17, 15) is 9.90 Å². The third-order valence-electron chi connectivity index (χ3n) is 1.92. The molecule has 0 saturated carbocycles. The van der Waals surface area contributed by atoms with Crippen molar-refractivity contribution in [1.82, 2.24) is 5.32 Å². The van der Waals surface area contributed by atoms with Crippen molar-refractivity contribution in [3.8, 4) is 0 Å². The number of unbranched alkanes of at least 4 members (excludes halogenated alkanes) is 1. The topological polar surface area (TPSA) is 49.3 Å². The molecule has 3 nitrogen and oxygen atoms in total. The summed E-state index contributed by atoms with van der Waals surface area (Å²) in [5.41, 5.74) is -1.26. The molecule has 0 radical (unpaired) electrons. The molecule has 3 heteroatoms. The Morgan fingerprint density at radius 2 is 2.08 bits per heavy atom. The van der Waals surface area contributed by atoms with Crippen molar-refractivity contribution in [2.24, 2.45) is 0 Å². The molecule has 0 rings (SSSR count). The van der Waals surface area contributed by atoms with Crippen LogP contribution in [0, 0.1) is 0 Å². The summed E-state index contributed by atoms with van der Waals surface area (Å²) in [6.07, 6.45) is 3.20. The highest BCUT2D eigenvalue weighted by atomic mass is 16.3. The molecule has 0 aromatic heterocycles. The highest BCUT2D eigenvalue weighted by Crippen LogP contribution is 2.04. The van der Waals surface area contributed by atoms with Crippen molar-refractivity contribution in [3.63, 3.8) is 0 Å². The lowest BCUT2D eigenvalue weighted by Gasteiger charge is -2.20. The van der Waals surface area contributed by atoms with Crippen molar-refractivity contribution in [1.29, 1.82) is 0 Å². The van der Waals surface area contributed by atoms with E-state index in [-0.39, 0.29) is 11.9 Å². The van der Waals surface area contributed by atoms with Crippen LogP contribution in [0.3, 0.4) is 0 Å². The van der Waals surface area contributed by atoms with E-state index in [0.29, 0.717) is 0 Å². The summed E-state index contributed by atoms with van der Waals surface area (Å²) in [6, 6.07) is 0.152. The number of carbonyl (C=O) groups is 1. The van der Waals surface area contributed by atoms with Crippen LogP contribution >= 0.6 is 0 Å². The zero-order valence-electron chi connectivity index (χ0n) is 9.05. The SMILES string of the molecule is CCCCC(C)NC(=O)C(C)(C)O. The normalized spacial score (nSPS) is 13.9. The lowest BCUT2D eigenvalue weighted by Crippen LogP contribution is -2.45. The summed E-state index contributed by atoms with van der Waals surface area (Å²) in [5.74, 6) is -0.295. The zero-order valence-corrected chi connectivity index (χ0v) is 9.05. The van der Waals surface area contributed by atoms with Crippen LogP contribution in [0.5, 0.6) is 0 Å². The van der Waals surface area contributed by atoms with E-state index in [1.54, 1.807) is 0 Å². The minimum absolute atomic E-state index is 0.152. The standard InChI is InChI=1S/C10H21NO2/c1-5-6-7-8(2)11-9(12)10(3,4)13/h8,13H,5-7H2,1-4H3,(H,11,12). The summed E-state index contributed by atoms with van der Waals surface area (Å²) >= 11 is 0. The predicted octanol–water partition coefficient (Wildman–Crippen LogP) is 1.45. The van der Waals surface area contributed by atoms with Gasteiger partial charge in [-0.25, -0.2) is 0 Å². The predicted molar refractivity (Wildman–Crippen MR) is 53.4 cm³/mol. The van der Waals surface area contributed by atoms with E-state index in [1.807, 2.05) is 6.92 Å². The van der Waals surface area contributed by atoms with Gasteiger partial charge in [0.1, 0.15) is 5.60 Å². The molecule has 0 heterocycles. The molecule has 1 atom stereocenters. The van der Waals surface area contributed by atoms with Gasteiger partial charge >= 0.3 is 0 Å². The lowest BCUT2D eigenvalue weighted by molar-refractivity contribution is -0.137. The molecule has 0 aromatic rings. The number of hydrogen-bond acceptors (Lipinski definition) is 2. The Morgan fingerprint density at radius 1 is 1.54 bits per heavy atom. The number of aliphatic hydroxyl groups is 1. The van der Waals surface area contributed by atoms with E-state index in [0.717, 1.165) is 19.3 Å². The van der Waals surface area contributed by atoms with E-state index in [4.69, 9.17) is 0 Å². The van der Waals surface area contributed by atoms with Gasteiger partial charge in [0.15, 0.2) is 0 Å². The summed E-state index contributed by atoms with van der Waals surface area (Å²) < 4.78 is 0. The zero-order chi connectivity index (χ0) is 10.5. The molecule has 0 aromatic carbocycles. The molecule has 78 valence electrons. The second-order valence-corrected chi connectivity index (χ2v) is 4.08. The fourth-order valence-corrected chi connectivity index (χ4v) is 0.983. The number of rotatable bonds is 5. The highest BCUT2D eigenvalue weighted by Gasteiger charge is 2.24. The summed E-state index contributed by atoms with van der Waals surface area (Å²) in [6.45, 7) is 7.06. The first-order valence-corrected chi connectivity index (χ1v) is 4.91. The van der Waals surface area contributed by atoms with Crippen molar-refractivity contribution < 1.29 is 9.90 Å². The van der Waals surface area contributed by atoms with Crippen LogP contribution in [0.25, 0.3) is 0 Å². The van der Waals surface area contributed by atoms with Crippen molar-refractivity contribution in [2.75, 3.05) is 0 Å². The molecule has 0 aliphatic carbocycles. The lowest BCUT2D eigenvalue weighted by atomic mass is 10.1. The van der Waals surface area contributed by atoms with Gasteiger partial charge in [-0.2, -0.15) is 0 Å². The minimum Gasteiger partial charge on any atom is -0.381 e. The monoisotopic (exact) mass is 187 g/mol. The van der Waals surface area contributed by atoms with Crippen LogP contribution in [0.15, 0.2) is 0 Å². The molecule has 0 fully saturated rings. The van der Waals surface area contributed by atoms with Crippen molar-refractivity contribution >= 4 is 5.91 Å². The Hall–Kier alpha value is -0.570. The highest BCUT2D eigenvalue weighted by molar-refractivity contribution is 5.84. The smallest absolute Gasteiger partial charge is 0.251 e. The van der Waals surface area contributed by atoms with Crippen LogP contribution < -0.4 is 5.32 Å². The average Bonchev–Trinajstić information content (AvgIpc) is 1.99. The fraction of sp³-hybridized carbons (Fsp3) is 0.900. The van der Waals surface area contributed by atoms with Crippen LogP contribution in [-0.2, 0) is 4.79 Å². The van der Waals surface area contributed by atoms with Gasteiger partial charge in [-0.15, -0.1) is 0 Å². The second-order valence-electron chi connectivity index (χ2n) is 4.08. The Labute approximate surface area is 80.5 Å². The molecular weight excluding hydrogens is 166 g/mol. The van der Waals surface area contributed by atoms with Crippen LogP contribution in [-0.4, -0.2) is 22.7 Å². The fourth-order valence-electron chi connectivity index (χ4n) is 0.983. The van der Waals surface area contributed by atoms with Crippen molar-refractivity contribution in [2.45, 2.75) is 58.6 Å². The third-order valence-corrected chi connectivity index (χ3v) is 1.92. The molecule has 0 aliphatic rings. The number of carbonyl (C=O) groups excluding carboxylic acids is 1. The summed E-state index contributed by atoms with van der Waals surface area (Å²) in [4.78, 5) is 11.3. The molecule has 0 saturated heterocycles. The van der Waals surface area contributed by atoms with E-state index < -0.39 is 5.60 Å². The van der Waals surface area contributed by atoms with E-state index in [2.05, 4.69) is 12.2 Å². The Kier molecular flexibility index (Phi) is 4.99. The van der Waals surface area contributed by atoms with Gasteiger partial charge in [0.25, 0.3) is 5.91 Å². The van der Waals surface area contributed by atoms with Gasteiger partial charge in [0, 0.05) is 6.04 Å². The molecule has 1 amide bonds. The van der Waals surface area contributed by atoms with Gasteiger partial charge < -0.3 is 10.4 Å². The molecule has 13 heavy (non-hydrogen) atoms. The Bertz CT molecular complexity index is 161. The number of hydrogen-bond donors (Lipinski definition) is 2. The molecular formula is C10H21NO2. The first kappa shape index (κ1) is 12.4. The summed E-state index contributed by atoms with van der Waals surface area (Å²) in [5, 5.41) is 12.1.